The van der Waals surface area contributed by atoms with Crippen molar-refractivity contribution in [1.82, 2.24) is 0 Å². The first-order chi connectivity index (χ1) is 11.0. The van der Waals surface area contributed by atoms with E-state index < -0.39 is 11.9 Å². The summed E-state index contributed by atoms with van der Waals surface area (Å²) in [6.07, 6.45) is 3.69. The van der Waals surface area contributed by atoms with E-state index in [1.54, 1.807) is 25.3 Å². The van der Waals surface area contributed by atoms with Crippen LogP contribution in [0.4, 0.5) is 5.00 Å². The van der Waals surface area contributed by atoms with Gasteiger partial charge >= 0.3 is 0 Å². The summed E-state index contributed by atoms with van der Waals surface area (Å²) in [6.45, 7) is 1.92. The quantitative estimate of drug-likeness (QED) is 0.825. The normalized spacial score (nSPS) is 10.7. The van der Waals surface area contributed by atoms with Crippen molar-refractivity contribution in [1.29, 1.82) is 0 Å². The molecule has 2 rings (SSSR count). The molecule has 0 saturated heterocycles. The number of ether oxygens (including phenoxy) is 1. The van der Waals surface area contributed by atoms with Crippen LogP contribution >= 0.6 is 11.3 Å². The summed E-state index contributed by atoms with van der Waals surface area (Å²) in [7, 11) is 1.58. The van der Waals surface area contributed by atoms with Crippen molar-refractivity contribution in [3.63, 3.8) is 0 Å². The molecule has 1 N–H and O–H groups in total. The lowest BCUT2D eigenvalue weighted by Crippen LogP contribution is -2.23. The van der Waals surface area contributed by atoms with Gasteiger partial charge in [-0.3, -0.25) is 4.79 Å². The van der Waals surface area contributed by atoms with Crippen LogP contribution in [-0.4, -0.2) is 19.0 Å². The molecule has 2 aromatic rings. The fourth-order valence-corrected chi connectivity index (χ4v) is 2.89. The molecule has 5 nitrogen and oxygen atoms in total. The molecule has 0 atom stereocenters. The standard InChI is InChI=1S/C17H17NO4S/c1-3-13-10-14(17(20)21)16(23-13)18-15(19)9-6-11-4-7-12(22-2)8-5-11/h4-10H,3H2,1-2H3,(H,18,19)(H,20,21)/p-1. The predicted molar refractivity (Wildman–Crippen MR) is 88.7 cm³/mol. The number of hydrogen-bond acceptors (Lipinski definition) is 5. The van der Waals surface area contributed by atoms with Crippen LogP contribution in [0.5, 0.6) is 5.75 Å². The molecule has 23 heavy (non-hydrogen) atoms. The third-order valence-electron chi connectivity index (χ3n) is 3.13. The number of carbonyl (C=O) groups is 2. The van der Waals surface area contributed by atoms with E-state index in [-0.39, 0.29) is 5.56 Å². The molecule has 0 unspecified atom stereocenters. The van der Waals surface area contributed by atoms with Gasteiger partial charge in [-0.15, -0.1) is 11.3 Å². The lowest BCUT2D eigenvalue weighted by molar-refractivity contribution is -0.254. The minimum absolute atomic E-state index is 0.0121. The van der Waals surface area contributed by atoms with E-state index in [0.29, 0.717) is 11.4 Å². The molecule has 120 valence electrons. The number of rotatable bonds is 6. The summed E-state index contributed by atoms with van der Waals surface area (Å²) in [6, 6.07) is 8.74. The number of aryl methyl sites for hydroxylation is 1. The van der Waals surface area contributed by atoms with Crippen LogP contribution < -0.4 is 15.2 Å². The zero-order valence-electron chi connectivity index (χ0n) is 12.8. The van der Waals surface area contributed by atoms with Crippen LogP contribution in [-0.2, 0) is 11.2 Å². The third kappa shape index (κ3) is 4.43. The lowest BCUT2D eigenvalue weighted by Gasteiger charge is -2.04. The number of benzene rings is 1. The van der Waals surface area contributed by atoms with Crippen molar-refractivity contribution in [3.8, 4) is 5.75 Å². The first-order valence-corrected chi connectivity index (χ1v) is 7.82. The highest BCUT2D eigenvalue weighted by molar-refractivity contribution is 7.16. The van der Waals surface area contributed by atoms with Crippen molar-refractivity contribution >= 4 is 34.3 Å². The number of carboxylic acids is 1. The Kier molecular flexibility index (Phi) is 5.54. The highest BCUT2D eigenvalue weighted by Crippen LogP contribution is 2.28. The number of anilines is 1. The molecule has 1 aromatic carbocycles. The fraction of sp³-hybridized carbons (Fsp3) is 0.176. The maximum Gasteiger partial charge on any atom is 0.249 e. The molecule has 0 fully saturated rings. The van der Waals surface area contributed by atoms with E-state index >= 15 is 0 Å². The van der Waals surface area contributed by atoms with Gasteiger partial charge in [0.1, 0.15) is 10.8 Å². The summed E-state index contributed by atoms with van der Waals surface area (Å²) < 4.78 is 5.06. The van der Waals surface area contributed by atoms with Gasteiger partial charge in [0.05, 0.1) is 13.1 Å². The summed E-state index contributed by atoms with van der Waals surface area (Å²) in [5, 5.41) is 14.0. The molecule has 0 radical (unpaired) electrons. The molecule has 1 amide bonds. The number of methoxy groups -OCH3 is 1. The minimum atomic E-state index is -1.30. The van der Waals surface area contributed by atoms with Crippen LogP contribution in [0.1, 0.15) is 27.7 Å². The Morgan fingerprint density at radius 1 is 1.30 bits per heavy atom. The van der Waals surface area contributed by atoms with E-state index in [4.69, 9.17) is 4.74 Å². The Labute approximate surface area is 138 Å². The largest absolute Gasteiger partial charge is 0.545 e. The van der Waals surface area contributed by atoms with E-state index in [9.17, 15) is 14.7 Å². The van der Waals surface area contributed by atoms with Crippen LogP contribution in [0.25, 0.3) is 6.08 Å². The SMILES string of the molecule is CCc1cc(C(=O)[O-])c(NC(=O)C=Cc2ccc(OC)cc2)s1. The average Bonchev–Trinajstić information content (AvgIpc) is 2.96. The number of hydrogen-bond donors (Lipinski definition) is 1. The summed E-state index contributed by atoms with van der Waals surface area (Å²) in [5.41, 5.74) is 0.847. The van der Waals surface area contributed by atoms with E-state index in [1.807, 2.05) is 19.1 Å². The van der Waals surface area contributed by atoms with Crippen molar-refractivity contribution < 1.29 is 19.4 Å². The van der Waals surface area contributed by atoms with Gasteiger partial charge in [0.25, 0.3) is 0 Å². The Balaban J connectivity index is 2.08. The number of amides is 1. The summed E-state index contributed by atoms with van der Waals surface area (Å²) >= 11 is 1.24. The first-order valence-electron chi connectivity index (χ1n) is 7.00. The monoisotopic (exact) mass is 330 g/mol. The number of carbonyl (C=O) groups excluding carboxylic acids is 2. The zero-order valence-corrected chi connectivity index (χ0v) is 13.6. The molecule has 0 aliphatic heterocycles. The van der Waals surface area contributed by atoms with Crippen LogP contribution in [0.2, 0.25) is 0 Å². The van der Waals surface area contributed by atoms with Gasteiger partial charge in [-0.1, -0.05) is 19.1 Å². The van der Waals surface area contributed by atoms with Crippen molar-refractivity contribution in [2.24, 2.45) is 0 Å². The Hall–Kier alpha value is -2.60. The first kappa shape index (κ1) is 16.8. The van der Waals surface area contributed by atoms with Crippen LogP contribution in [0, 0.1) is 0 Å². The number of nitrogens with one attached hydrogen (secondary N) is 1. The maximum absolute atomic E-state index is 12.0. The second-order valence-electron chi connectivity index (χ2n) is 4.69. The molecule has 0 aliphatic rings. The van der Waals surface area contributed by atoms with Crippen molar-refractivity contribution in [2.75, 3.05) is 12.4 Å². The van der Waals surface area contributed by atoms with Gasteiger partial charge in [0.2, 0.25) is 5.91 Å². The third-order valence-corrected chi connectivity index (χ3v) is 4.33. The average molecular weight is 330 g/mol. The van der Waals surface area contributed by atoms with Crippen LogP contribution in [0.15, 0.2) is 36.4 Å². The number of thiophene rings is 1. The van der Waals surface area contributed by atoms with Gasteiger partial charge in [-0.25, -0.2) is 0 Å². The topological polar surface area (TPSA) is 78.5 Å². The van der Waals surface area contributed by atoms with E-state index in [0.717, 1.165) is 16.2 Å². The van der Waals surface area contributed by atoms with Gasteiger partial charge in [0.15, 0.2) is 0 Å². The lowest BCUT2D eigenvalue weighted by atomic mass is 10.2. The van der Waals surface area contributed by atoms with Crippen molar-refractivity contribution in [2.45, 2.75) is 13.3 Å². The molecule has 0 spiro atoms. The smallest absolute Gasteiger partial charge is 0.249 e. The summed E-state index contributed by atoms with van der Waals surface area (Å²) in [4.78, 5) is 23.9. The Morgan fingerprint density at radius 2 is 2.00 bits per heavy atom. The molecule has 1 aromatic heterocycles. The van der Waals surface area contributed by atoms with Crippen molar-refractivity contribution in [3.05, 3.63) is 52.4 Å². The molecule has 0 saturated carbocycles. The molecule has 0 aliphatic carbocycles. The van der Waals surface area contributed by atoms with Crippen LogP contribution in [0.3, 0.4) is 0 Å². The molecule has 1 heterocycles. The minimum Gasteiger partial charge on any atom is -0.545 e. The van der Waals surface area contributed by atoms with Gasteiger partial charge in [-0.2, -0.15) is 0 Å². The molecular weight excluding hydrogens is 314 g/mol. The fourth-order valence-electron chi connectivity index (χ4n) is 1.90. The second kappa shape index (κ2) is 7.60. The maximum atomic E-state index is 12.0. The number of aromatic carboxylic acids is 1. The van der Waals surface area contributed by atoms with Gasteiger partial charge in [-0.05, 0) is 36.3 Å². The number of carboxylic acid groups (broad SMARTS) is 1. The van der Waals surface area contributed by atoms with Gasteiger partial charge in [0, 0.05) is 16.5 Å². The molecular formula is C17H16NO4S-. The Bertz CT molecular complexity index is 732. The highest BCUT2D eigenvalue weighted by atomic mass is 32.1. The predicted octanol–water partition coefficient (Wildman–Crippen LogP) is 2.33. The summed E-state index contributed by atoms with van der Waals surface area (Å²) in [5.74, 6) is -0.959. The molecule has 6 heteroatoms. The molecule has 0 bridgehead atoms. The van der Waals surface area contributed by atoms with E-state index in [1.165, 1.54) is 23.5 Å². The van der Waals surface area contributed by atoms with E-state index in [2.05, 4.69) is 5.32 Å². The second-order valence-corrected chi connectivity index (χ2v) is 5.83. The Morgan fingerprint density at radius 3 is 2.57 bits per heavy atom. The van der Waals surface area contributed by atoms with Gasteiger partial charge < -0.3 is 20.0 Å². The highest BCUT2D eigenvalue weighted by Gasteiger charge is 2.11. The zero-order chi connectivity index (χ0) is 16.8.